The highest BCUT2D eigenvalue weighted by atomic mass is 79.9. The monoisotopic (exact) mass is 267 g/mol. The van der Waals surface area contributed by atoms with Gasteiger partial charge in [0.25, 0.3) is 0 Å². The first kappa shape index (κ1) is 11.7. The van der Waals surface area contributed by atoms with Gasteiger partial charge in [0, 0.05) is 5.33 Å². The van der Waals surface area contributed by atoms with Gasteiger partial charge in [-0.1, -0.05) is 15.9 Å². The number of halogens is 1. The highest BCUT2D eigenvalue weighted by Crippen LogP contribution is 2.20. The second-order valence-corrected chi connectivity index (χ2v) is 3.64. The van der Waals surface area contributed by atoms with E-state index in [2.05, 4.69) is 26.7 Å². The van der Waals surface area contributed by atoms with E-state index in [0.717, 1.165) is 5.56 Å². The molecule has 4 heteroatoms. The molecule has 0 aliphatic carbocycles. The van der Waals surface area contributed by atoms with Crippen molar-refractivity contribution >= 4 is 21.9 Å². The molecule has 0 saturated carbocycles. The van der Waals surface area contributed by atoms with E-state index in [1.54, 1.807) is 12.1 Å². The molecular weight excluding hydrogens is 258 g/mol. The summed E-state index contributed by atoms with van der Waals surface area (Å²) in [7, 11) is 1.33. The zero-order chi connectivity index (χ0) is 11.4. The number of aryl methyl sites for hydroxylation is 1. The van der Waals surface area contributed by atoms with E-state index < -0.39 is 5.97 Å². The van der Waals surface area contributed by atoms with E-state index in [-0.39, 0.29) is 0 Å². The molecule has 0 bridgehead atoms. The van der Waals surface area contributed by atoms with Crippen LogP contribution in [0, 0.1) is 18.3 Å². The van der Waals surface area contributed by atoms with E-state index >= 15 is 0 Å². The zero-order valence-electron chi connectivity index (χ0n) is 8.50. The second-order valence-electron chi connectivity index (χ2n) is 3.08. The fourth-order valence-electron chi connectivity index (χ4n) is 1.35. The normalized spacial score (nSPS) is 9.47. The molecule has 0 saturated heterocycles. The maximum Gasteiger partial charge on any atom is 0.338 e. The maximum atomic E-state index is 11.5. The summed E-state index contributed by atoms with van der Waals surface area (Å²) in [4.78, 5) is 11.5. The zero-order valence-corrected chi connectivity index (χ0v) is 10.1. The van der Waals surface area contributed by atoms with E-state index in [0.29, 0.717) is 22.0 Å². The number of nitriles is 1. The maximum absolute atomic E-state index is 11.5. The minimum absolute atomic E-state index is 0.412. The van der Waals surface area contributed by atoms with E-state index in [9.17, 15) is 4.79 Å². The van der Waals surface area contributed by atoms with Gasteiger partial charge in [-0.3, -0.25) is 0 Å². The molecule has 0 spiro atoms. The highest BCUT2D eigenvalue weighted by Gasteiger charge is 2.15. The Balaban J connectivity index is 3.43. The van der Waals surface area contributed by atoms with Crippen molar-refractivity contribution < 1.29 is 9.53 Å². The van der Waals surface area contributed by atoms with Gasteiger partial charge < -0.3 is 4.74 Å². The number of hydrogen-bond donors (Lipinski definition) is 0. The van der Waals surface area contributed by atoms with Crippen molar-refractivity contribution in [2.45, 2.75) is 12.3 Å². The van der Waals surface area contributed by atoms with Crippen molar-refractivity contribution in [3.05, 3.63) is 34.4 Å². The predicted molar refractivity (Wildman–Crippen MR) is 59.9 cm³/mol. The topological polar surface area (TPSA) is 50.1 Å². The first-order valence-corrected chi connectivity index (χ1v) is 5.44. The molecule has 1 rings (SSSR count). The van der Waals surface area contributed by atoms with E-state index in [4.69, 9.17) is 5.26 Å². The first-order valence-electron chi connectivity index (χ1n) is 4.32. The number of nitrogens with zero attached hydrogens (tertiary/aromatic N) is 1. The molecule has 0 unspecified atom stereocenters. The summed E-state index contributed by atoms with van der Waals surface area (Å²) in [6.45, 7) is 1.84. The van der Waals surface area contributed by atoms with Crippen molar-refractivity contribution in [2.75, 3.05) is 7.11 Å². The average molecular weight is 268 g/mol. The second kappa shape index (κ2) is 4.94. The van der Waals surface area contributed by atoms with Crippen molar-refractivity contribution in [3.63, 3.8) is 0 Å². The lowest BCUT2D eigenvalue weighted by atomic mass is 10.00. The van der Waals surface area contributed by atoms with Crippen molar-refractivity contribution in [1.29, 1.82) is 5.26 Å². The number of alkyl halides is 1. The lowest BCUT2D eigenvalue weighted by Crippen LogP contribution is -2.07. The smallest absolute Gasteiger partial charge is 0.338 e. The Kier molecular flexibility index (Phi) is 3.87. The Morgan fingerprint density at radius 1 is 1.60 bits per heavy atom. The quantitative estimate of drug-likeness (QED) is 0.611. The Morgan fingerprint density at radius 3 is 2.73 bits per heavy atom. The fraction of sp³-hybridized carbons (Fsp3) is 0.273. The Labute approximate surface area is 96.8 Å². The Hall–Kier alpha value is -1.34. The third-order valence-electron chi connectivity index (χ3n) is 2.05. The van der Waals surface area contributed by atoms with Crippen LogP contribution in [0.3, 0.4) is 0 Å². The molecule has 3 nitrogen and oxygen atoms in total. The summed E-state index contributed by atoms with van der Waals surface area (Å²) >= 11 is 3.26. The van der Waals surface area contributed by atoms with Crippen LogP contribution in [-0.2, 0) is 10.1 Å². The largest absolute Gasteiger partial charge is 0.465 e. The van der Waals surface area contributed by atoms with Crippen LogP contribution in [0.15, 0.2) is 12.1 Å². The van der Waals surface area contributed by atoms with Gasteiger partial charge in [-0.25, -0.2) is 4.79 Å². The van der Waals surface area contributed by atoms with Crippen LogP contribution in [0.2, 0.25) is 0 Å². The Bertz CT molecular complexity index is 435. The molecule has 78 valence electrons. The molecule has 0 heterocycles. The summed E-state index contributed by atoms with van der Waals surface area (Å²) in [5, 5.41) is 9.39. The number of hydrogen-bond acceptors (Lipinski definition) is 3. The number of benzene rings is 1. The van der Waals surface area contributed by atoms with Gasteiger partial charge in [-0.15, -0.1) is 0 Å². The van der Waals surface area contributed by atoms with Gasteiger partial charge in [-0.2, -0.15) is 5.26 Å². The van der Waals surface area contributed by atoms with Crippen LogP contribution in [0.1, 0.15) is 27.0 Å². The molecule has 1 aromatic rings. The van der Waals surface area contributed by atoms with Crippen LogP contribution in [-0.4, -0.2) is 13.1 Å². The third kappa shape index (κ3) is 2.37. The van der Waals surface area contributed by atoms with Crippen LogP contribution >= 0.6 is 15.9 Å². The van der Waals surface area contributed by atoms with Gasteiger partial charge in [0.2, 0.25) is 0 Å². The molecule has 15 heavy (non-hydrogen) atoms. The minimum Gasteiger partial charge on any atom is -0.465 e. The summed E-state index contributed by atoms with van der Waals surface area (Å²) in [5.74, 6) is -0.412. The van der Waals surface area contributed by atoms with Gasteiger partial charge >= 0.3 is 5.97 Å². The molecule has 0 aliphatic heterocycles. The molecular formula is C11H10BrNO2. The third-order valence-corrected chi connectivity index (χ3v) is 2.61. The van der Waals surface area contributed by atoms with Crippen LogP contribution in [0.5, 0.6) is 0 Å². The summed E-state index contributed by atoms with van der Waals surface area (Å²) in [6.07, 6.45) is 0. The number of carbonyl (C=O) groups is 1. The minimum atomic E-state index is -0.412. The molecule has 1 aromatic carbocycles. The van der Waals surface area contributed by atoms with Crippen molar-refractivity contribution in [1.82, 2.24) is 0 Å². The number of esters is 1. The van der Waals surface area contributed by atoms with Gasteiger partial charge in [0.1, 0.15) is 0 Å². The lowest BCUT2D eigenvalue weighted by molar-refractivity contribution is 0.0599. The predicted octanol–water partition coefficient (Wildman–Crippen LogP) is 2.55. The number of ether oxygens (including phenoxy) is 1. The SMILES string of the molecule is COC(=O)c1cc(C)cc(C#N)c1CBr. The van der Waals surface area contributed by atoms with Crippen LogP contribution in [0.25, 0.3) is 0 Å². The van der Waals surface area contributed by atoms with Crippen molar-refractivity contribution in [2.24, 2.45) is 0 Å². The standard InChI is InChI=1S/C11H10BrNO2/c1-7-3-8(6-13)10(5-12)9(4-7)11(14)15-2/h3-4H,5H2,1-2H3. The van der Waals surface area contributed by atoms with Crippen LogP contribution in [0.4, 0.5) is 0 Å². The highest BCUT2D eigenvalue weighted by molar-refractivity contribution is 9.08. The summed E-state index contributed by atoms with van der Waals surface area (Å²) in [5.41, 5.74) is 2.50. The van der Waals surface area contributed by atoms with E-state index in [1.807, 2.05) is 6.92 Å². The number of carbonyl (C=O) groups excluding carboxylic acids is 1. The average Bonchev–Trinajstić information content (AvgIpc) is 2.26. The van der Waals surface area contributed by atoms with Gasteiger partial charge in [0.15, 0.2) is 0 Å². The molecule has 0 aliphatic rings. The number of rotatable bonds is 2. The molecule has 0 aromatic heterocycles. The van der Waals surface area contributed by atoms with Gasteiger partial charge in [-0.05, 0) is 30.2 Å². The molecule has 0 amide bonds. The van der Waals surface area contributed by atoms with E-state index in [1.165, 1.54) is 7.11 Å². The van der Waals surface area contributed by atoms with Gasteiger partial charge in [0.05, 0.1) is 24.3 Å². The number of methoxy groups -OCH3 is 1. The van der Waals surface area contributed by atoms with Crippen molar-refractivity contribution in [3.8, 4) is 6.07 Å². The lowest BCUT2D eigenvalue weighted by Gasteiger charge is -2.08. The first-order chi connectivity index (χ1) is 7.13. The summed E-state index contributed by atoms with van der Waals surface area (Å²) in [6, 6.07) is 5.55. The summed E-state index contributed by atoms with van der Waals surface area (Å²) < 4.78 is 4.66. The molecule has 0 N–H and O–H groups in total. The molecule has 0 radical (unpaired) electrons. The molecule has 0 fully saturated rings. The fourth-order valence-corrected chi connectivity index (χ4v) is 1.96. The molecule has 0 atom stereocenters. The Morgan fingerprint density at radius 2 is 2.27 bits per heavy atom. The van der Waals surface area contributed by atoms with Crippen LogP contribution < -0.4 is 0 Å².